The van der Waals surface area contributed by atoms with Crippen LogP contribution in [0.4, 0.5) is 0 Å². The molecule has 0 N–H and O–H groups in total. The highest BCUT2D eigenvalue weighted by Crippen LogP contribution is 2.40. The van der Waals surface area contributed by atoms with Crippen molar-refractivity contribution in [2.45, 2.75) is 18.4 Å². The maximum Gasteiger partial charge on any atom is 0.268 e. The van der Waals surface area contributed by atoms with Gasteiger partial charge in [0.15, 0.2) is 0 Å². The zero-order chi connectivity index (χ0) is 21.1. The van der Waals surface area contributed by atoms with Crippen molar-refractivity contribution in [2.24, 2.45) is 0 Å². The summed E-state index contributed by atoms with van der Waals surface area (Å²) in [6.45, 7) is 2.21. The number of imide groups is 1. The maximum absolute atomic E-state index is 13.3. The number of carbonyl (C=O) groups is 2. The number of aryl methyl sites for hydroxylation is 1. The molecule has 0 bridgehead atoms. The zero-order valence-electron chi connectivity index (χ0n) is 16.8. The van der Waals surface area contributed by atoms with Crippen molar-refractivity contribution in [1.82, 2.24) is 4.90 Å². The molecule has 0 aromatic heterocycles. The number of hydrogen-bond donors (Lipinski definition) is 0. The number of rotatable bonds is 6. The number of thioether (sulfide) groups is 1. The van der Waals surface area contributed by atoms with Gasteiger partial charge >= 0.3 is 0 Å². The smallest absolute Gasteiger partial charge is 0.268 e. The molecule has 30 heavy (non-hydrogen) atoms. The van der Waals surface area contributed by atoms with E-state index >= 15 is 0 Å². The van der Waals surface area contributed by atoms with Gasteiger partial charge in [0, 0.05) is 4.90 Å². The fourth-order valence-corrected chi connectivity index (χ4v) is 4.32. The summed E-state index contributed by atoms with van der Waals surface area (Å²) >= 11 is 1.34. The Hall–Kier alpha value is -3.31. The second-order valence-electron chi connectivity index (χ2n) is 7.03. The average molecular weight is 416 g/mol. The van der Waals surface area contributed by atoms with Crippen molar-refractivity contribution in [3.8, 4) is 5.75 Å². The monoisotopic (exact) mass is 415 g/mol. The molecular weight excluding hydrogens is 394 g/mol. The van der Waals surface area contributed by atoms with E-state index in [0.717, 1.165) is 27.3 Å². The van der Waals surface area contributed by atoms with Gasteiger partial charge in [0.05, 0.1) is 24.1 Å². The van der Waals surface area contributed by atoms with Crippen LogP contribution in [0.2, 0.25) is 0 Å². The molecule has 0 saturated heterocycles. The predicted octanol–water partition coefficient (Wildman–Crippen LogP) is 5.08. The van der Waals surface area contributed by atoms with Crippen molar-refractivity contribution >= 4 is 29.1 Å². The number of carbonyl (C=O) groups excluding carboxylic acids is 2. The van der Waals surface area contributed by atoms with Gasteiger partial charge in [0.2, 0.25) is 0 Å². The summed E-state index contributed by atoms with van der Waals surface area (Å²) in [4.78, 5) is 29.3. The maximum atomic E-state index is 13.3. The van der Waals surface area contributed by atoms with Gasteiger partial charge in [-0.25, -0.2) is 0 Å². The molecular formula is C25H21NO3S. The zero-order valence-corrected chi connectivity index (χ0v) is 17.6. The second kappa shape index (κ2) is 8.59. The number of benzene rings is 3. The SMILES string of the molecule is COc1ccc(CN2C(=O)C(Sc3ccccc3)=C(c3ccc(C)cc3)C2=O)cc1. The van der Waals surface area contributed by atoms with Crippen LogP contribution < -0.4 is 4.74 Å². The fourth-order valence-electron chi connectivity index (χ4n) is 3.29. The first kappa shape index (κ1) is 20.0. The van der Waals surface area contributed by atoms with Crippen molar-refractivity contribution < 1.29 is 14.3 Å². The summed E-state index contributed by atoms with van der Waals surface area (Å²) in [5.41, 5.74) is 3.19. The molecule has 3 aromatic rings. The molecule has 1 aliphatic heterocycles. The van der Waals surface area contributed by atoms with Crippen LogP contribution >= 0.6 is 11.8 Å². The Balaban J connectivity index is 1.70. The van der Waals surface area contributed by atoms with E-state index in [2.05, 4.69) is 0 Å². The number of hydrogen-bond acceptors (Lipinski definition) is 4. The van der Waals surface area contributed by atoms with Crippen LogP contribution in [0.1, 0.15) is 16.7 Å². The predicted molar refractivity (Wildman–Crippen MR) is 119 cm³/mol. The lowest BCUT2D eigenvalue weighted by Crippen LogP contribution is -2.30. The van der Waals surface area contributed by atoms with Crippen molar-refractivity contribution in [3.05, 3.63) is 100 Å². The minimum absolute atomic E-state index is 0.218. The van der Waals surface area contributed by atoms with E-state index < -0.39 is 0 Å². The van der Waals surface area contributed by atoms with E-state index in [1.807, 2.05) is 85.8 Å². The Morgan fingerprint density at radius 1 is 0.833 bits per heavy atom. The molecule has 3 aromatic carbocycles. The minimum Gasteiger partial charge on any atom is -0.497 e. The Kier molecular flexibility index (Phi) is 5.72. The molecule has 150 valence electrons. The Bertz CT molecular complexity index is 1100. The fraction of sp³-hybridized carbons (Fsp3) is 0.120. The third-order valence-corrected chi connectivity index (χ3v) is 6.02. The third-order valence-electron chi connectivity index (χ3n) is 4.93. The van der Waals surface area contributed by atoms with Crippen molar-refractivity contribution in [1.29, 1.82) is 0 Å². The van der Waals surface area contributed by atoms with Crippen LogP contribution in [0, 0.1) is 6.92 Å². The summed E-state index contributed by atoms with van der Waals surface area (Å²) < 4.78 is 5.19. The van der Waals surface area contributed by atoms with Crippen LogP contribution in [0.5, 0.6) is 5.75 Å². The number of nitrogens with zero attached hydrogens (tertiary/aromatic N) is 1. The van der Waals surface area contributed by atoms with Gasteiger partial charge in [-0.05, 0) is 42.3 Å². The molecule has 0 fully saturated rings. The molecule has 5 heteroatoms. The molecule has 1 aliphatic rings. The third kappa shape index (κ3) is 4.02. The standard InChI is InChI=1S/C25H21NO3S/c1-17-8-12-19(13-9-17)22-23(30-21-6-4-3-5-7-21)25(28)26(24(22)27)16-18-10-14-20(29-2)15-11-18/h3-15H,16H2,1-2H3. The molecule has 0 saturated carbocycles. The average Bonchev–Trinajstić information content (AvgIpc) is 3.00. The molecule has 4 rings (SSSR count). The van der Waals surface area contributed by atoms with E-state index in [0.29, 0.717) is 10.5 Å². The number of amides is 2. The summed E-state index contributed by atoms with van der Waals surface area (Å²) in [5, 5.41) is 0. The highest BCUT2D eigenvalue weighted by Gasteiger charge is 2.39. The van der Waals surface area contributed by atoms with E-state index in [-0.39, 0.29) is 18.4 Å². The molecule has 0 aliphatic carbocycles. The number of methoxy groups -OCH3 is 1. The molecule has 0 radical (unpaired) electrons. The van der Waals surface area contributed by atoms with Gasteiger partial charge in [-0.2, -0.15) is 0 Å². The summed E-state index contributed by atoms with van der Waals surface area (Å²) in [6.07, 6.45) is 0. The van der Waals surface area contributed by atoms with Crippen LogP contribution in [0.3, 0.4) is 0 Å². The molecule has 2 amide bonds. The highest BCUT2D eigenvalue weighted by molar-refractivity contribution is 8.04. The topological polar surface area (TPSA) is 46.6 Å². The molecule has 1 heterocycles. The molecule has 0 spiro atoms. The molecule has 4 nitrogen and oxygen atoms in total. The molecule has 0 atom stereocenters. The van der Waals surface area contributed by atoms with Gasteiger partial charge in [-0.1, -0.05) is 71.9 Å². The van der Waals surface area contributed by atoms with Crippen molar-refractivity contribution in [3.63, 3.8) is 0 Å². The van der Waals surface area contributed by atoms with Gasteiger partial charge in [-0.15, -0.1) is 0 Å². The van der Waals surface area contributed by atoms with Crippen molar-refractivity contribution in [2.75, 3.05) is 7.11 Å². The quantitative estimate of drug-likeness (QED) is 0.527. The van der Waals surface area contributed by atoms with Gasteiger partial charge in [0.1, 0.15) is 5.75 Å². The van der Waals surface area contributed by atoms with Crippen LogP contribution in [0.15, 0.2) is 88.7 Å². The lowest BCUT2D eigenvalue weighted by atomic mass is 10.0. The Labute approximate surface area is 180 Å². The first-order chi connectivity index (χ1) is 14.6. The molecule has 0 unspecified atom stereocenters. The van der Waals surface area contributed by atoms with Gasteiger partial charge in [-0.3, -0.25) is 14.5 Å². The highest BCUT2D eigenvalue weighted by atomic mass is 32.2. The Morgan fingerprint density at radius 2 is 1.50 bits per heavy atom. The largest absolute Gasteiger partial charge is 0.497 e. The first-order valence-corrected chi connectivity index (χ1v) is 10.4. The lowest BCUT2D eigenvalue weighted by Gasteiger charge is -2.15. The van der Waals surface area contributed by atoms with Crippen LogP contribution in [-0.4, -0.2) is 23.8 Å². The summed E-state index contributed by atoms with van der Waals surface area (Å²) in [7, 11) is 1.60. The van der Waals surface area contributed by atoms with E-state index in [1.165, 1.54) is 16.7 Å². The van der Waals surface area contributed by atoms with Crippen LogP contribution in [-0.2, 0) is 16.1 Å². The van der Waals surface area contributed by atoms with Gasteiger partial charge in [0.25, 0.3) is 11.8 Å². The van der Waals surface area contributed by atoms with Crippen LogP contribution in [0.25, 0.3) is 5.57 Å². The minimum atomic E-state index is -0.266. The normalized spacial score (nSPS) is 13.9. The first-order valence-electron chi connectivity index (χ1n) is 9.60. The summed E-state index contributed by atoms with van der Waals surface area (Å²) in [5.74, 6) is 0.204. The van der Waals surface area contributed by atoms with E-state index in [1.54, 1.807) is 7.11 Å². The number of ether oxygens (including phenoxy) is 1. The van der Waals surface area contributed by atoms with Gasteiger partial charge < -0.3 is 4.74 Å². The second-order valence-corrected chi connectivity index (χ2v) is 8.11. The van der Waals surface area contributed by atoms with E-state index in [4.69, 9.17) is 4.74 Å². The van der Waals surface area contributed by atoms with E-state index in [9.17, 15) is 9.59 Å². The summed E-state index contributed by atoms with van der Waals surface area (Å²) in [6, 6.07) is 24.8. The Morgan fingerprint density at radius 3 is 2.13 bits per heavy atom. The lowest BCUT2D eigenvalue weighted by molar-refractivity contribution is -0.137.